The van der Waals surface area contributed by atoms with Crippen molar-refractivity contribution in [2.45, 2.75) is 26.8 Å². The molecule has 1 unspecified atom stereocenters. The molecule has 0 aromatic heterocycles. The van der Waals surface area contributed by atoms with E-state index in [2.05, 4.69) is 11.9 Å². The number of hydrogen-bond acceptors (Lipinski definition) is 3. The van der Waals surface area contributed by atoms with Crippen molar-refractivity contribution in [2.24, 2.45) is 5.73 Å². The van der Waals surface area contributed by atoms with Crippen LogP contribution in [-0.4, -0.2) is 24.3 Å². The highest BCUT2D eigenvalue weighted by molar-refractivity contribution is 6.38. The molecule has 0 saturated heterocycles. The van der Waals surface area contributed by atoms with Crippen molar-refractivity contribution in [2.75, 3.05) is 6.54 Å². The van der Waals surface area contributed by atoms with Crippen LogP contribution in [0.2, 0.25) is 0 Å². The van der Waals surface area contributed by atoms with Gasteiger partial charge in [-0.3, -0.25) is 9.59 Å². The second kappa shape index (κ2) is 8.93. The Morgan fingerprint density at radius 2 is 2.00 bits per heavy atom. The van der Waals surface area contributed by atoms with E-state index < -0.39 is 17.7 Å². The molecule has 4 heteroatoms. The third kappa shape index (κ3) is 7.21. The fourth-order valence-electron chi connectivity index (χ4n) is 0.459. The SMILES string of the molecule is C=CCNC(=O)C(=O)C(C)N.CC. The molecule has 0 saturated carbocycles. The van der Waals surface area contributed by atoms with E-state index in [0.29, 0.717) is 0 Å². The van der Waals surface area contributed by atoms with Crippen molar-refractivity contribution >= 4 is 11.7 Å². The molecule has 0 rings (SSSR count). The van der Waals surface area contributed by atoms with Gasteiger partial charge in [0.15, 0.2) is 0 Å². The smallest absolute Gasteiger partial charge is 0.289 e. The van der Waals surface area contributed by atoms with Gasteiger partial charge in [-0.05, 0) is 6.92 Å². The summed E-state index contributed by atoms with van der Waals surface area (Å²) in [5.41, 5.74) is 5.17. The number of Topliss-reactive ketones (excluding diaryl/α,β-unsaturated/α-hetero) is 1. The Morgan fingerprint density at radius 3 is 2.31 bits per heavy atom. The average Bonchev–Trinajstić information content (AvgIpc) is 2.16. The van der Waals surface area contributed by atoms with Gasteiger partial charge in [0.1, 0.15) is 0 Å². The second-order valence-electron chi connectivity index (χ2n) is 2.15. The van der Waals surface area contributed by atoms with E-state index in [1.807, 2.05) is 13.8 Å². The van der Waals surface area contributed by atoms with Crippen LogP contribution in [0.4, 0.5) is 0 Å². The molecule has 0 aromatic carbocycles. The molecular formula is C9H18N2O2. The molecule has 3 N–H and O–H groups in total. The van der Waals surface area contributed by atoms with Gasteiger partial charge in [0.25, 0.3) is 5.91 Å². The van der Waals surface area contributed by atoms with E-state index >= 15 is 0 Å². The lowest BCUT2D eigenvalue weighted by molar-refractivity contribution is -0.138. The molecule has 1 atom stereocenters. The minimum atomic E-state index is -0.736. The fourth-order valence-corrected chi connectivity index (χ4v) is 0.459. The minimum Gasteiger partial charge on any atom is -0.346 e. The van der Waals surface area contributed by atoms with Gasteiger partial charge in [-0.1, -0.05) is 19.9 Å². The van der Waals surface area contributed by atoms with Crippen LogP contribution in [0.15, 0.2) is 12.7 Å². The predicted octanol–water partition coefficient (Wildman–Crippen LogP) is 0.231. The summed E-state index contributed by atoms with van der Waals surface area (Å²) in [5, 5.41) is 2.33. The molecule has 0 heterocycles. The molecule has 13 heavy (non-hydrogen) atoms. The van der Waals surface area contributed by atoms with Crippen LogP contribution in [0.5, 0.6) is 0 Å². The maximum atomic E-state index is 10.8. The first-order valence-corrected chi connectivity index (χ1v) is 4.28. The van der Waals surface area contributed by atoms with Crippen molar-refractivity contribution < 1.29 is 9.59 Å². The summed E-state index contributed by atoms with van der Waals surface area (Å²) >= 11 is 0. The van der Waals surface area contributed by atoms with Crippen LogP contribution in [-0.2, 0) is 9.59 Å². The number of nitrogens with two attached hydrogens (primary N) is 1. The summed E-state index contributed by atoms with van der Waals surface area (Å²) in [6, 6.07) is -0.736. The molecule has 0 fully saturated rings. The Labute approximate surface area is 79.2 Å². The first-order chi connectivity index (χ1) is 6.09. The van der Waals surface area contributed by atoms with Crippen LogP contribution < -0.4 is 11.1 Å². The van der Waals surface area contributed by atoms with Crippen molar-refractivity contribution in [1.29, 1.82) is 0 Å². The lowest BCUT2D eigenvalue weighted by Crippen LogP contribution is -2.40. The van der Waals surface area contributed by atoms with Crippen molar-refractivity contribution in [1.82, 2.24) is 5.32 Å². The molecule has 0 aliphatic heterocycles. The first-order valence-electron chi connectivity index (χ1n) is 4.28. The summed E-state index contributed by atoms with van der Waals surface area (Å²) < 4.78 is 0. The number of carbonyl (C=O) groups excluding carboxylic acids is 2. The van der Waals surface area contributed by atoms with Crippen molar-refractivity contribution in [3.8, 4) is 0 Å². The Balaban J connectivity index is 0. The highest BCUT2D eigenvalue weighted by atomic mass is 16.2. The van der Waals surface area contributed by atoms with Crippen LogP contribution in [0.1, 0.15) is 20.8 Å². The van der Waals surface area contributed by atoms with Crippen molar-refractivity contribution in [3.63, 3.8) is 0 Å². The molecule has 0 aromatic rings. The summed E-state index contributed by atoms with van der Waals surface area (Å²) in [5.74, 6) is -1.26. The van der Waals surface area contributed by atoms with E-state index in [1.54, 1.807) is 0 Å². The zero-order chi connectivity index (χ0) is 10.9. The molecule has 0 aliphatic rings. The van der Waals surface area contributed by atoms with Gasteiger partial charge < -0.3 is 11.1 Å². The maximum Gasteiger partial charge on any atom is 0.289 e. The zero-order valence-electron chi connectivity index (χ0n) is 8.46. The van der Waals surface area contributed by atoms with Gasteiger partial charge in [-0.2, -0.15) is 0 Å². The Morgan fingerprint density at radius 1 is 1.54 bits per heavy atom. The largest absolute Gasteiger partial charge is 0.346 e. The molecule has 4 nitrogen and oxygen atoms in total. The average molecular weight is 186 g/mol. The highest BCUT2D eigenvalue weighted by Gasteiger charge is 2.16. The topological polar surface area (TPSA) is 72.2 Å². The monoisotopic (exact) mass is 186 g/mol. The first kappa shape index (κ1) is 14.4. The second-order valence-corrected chi connectivity index (χ2v) is 2.15. The van der Waals surface area contributed by atoms with Crippen LogP contribution in [0.3, 0.4) is 0 Å². The third-order valence-electron chi connectivity index (χ3n) is 1.04. The maximum absolute atomic E-state index is 10.8. The van der Waals surface area contributed by atoms with Crippen molar-refractivity contribution in [3.05, 3.63) is 12.7 Å². The Kier molecular flexibility index (Phi) is 9.87. The predicted molar refractivity (Wildman–Crippen MR) is 53.2 cm³/mol. The number of ketones is 1. The normalized spacial score (nSPS) is 10.5. The summed E-state index contributed by atoms with van der Waals surface area (Å²) in [6.07, 6.45) is 1.49. The number of amides is 1. The van der Waals surface area contributed by atoms with E-state index in [1.165, 1.54) is 13.0 Å². The van der Waals surface area contributed by atoms with Crippen LogP contribution in [0.25, 0.3) is 0 Å². The number of hydrogen-bond donors (Lipinski definition) is 2. The standard InChI is InChI=1S/C7H12N2O2.C2H6/c1-3-4-9-7(11)6(10)5(2)8;1-2/h3,5H,1,4,8H2,2H3,(H,9,11);1-2H3. The summed E-state index contributed by atoms with van der Waals surface area (Å²) in [4.78, 5) is 21.5. The number of nitrogens with one attached hydrogen (secondary N) is 1. The molecular weight excluding hydrogens is 168 g/mol. The lowest BCUT2D eigenvalue weighted by atomic mass is 10.2. The van der Waals surface area contributed by atoms with Gasteiger partial charge in [0.2, 0.25) is 5.78 Å². The van der Waals surface area contributed by atoms with E-state index in [4.69, 9.17) is 5.73 Å². The number of rotatable bonds is 4. The molecule has 0 bridgehead atoms. The highest BCUT2D eigenvalue weighted by Crippen LogP contribution is 1.79. The van der Waals surface area contributed by atoms with Gasteiger partial charge >= 0.3 is 0 Å². The molecule has 0 radical (unpaired) electrons. The van der Waals surface area contributed by atoms with Gasteiger partial charge in [-0.15, -0.1) is 6.58 Å². The third-order valence-corrected chi connectivity index (χ3v) is 1.04. The van der Waals surface area contributed by atoms with Gasteiger partial charge in [0, 0.05) is 6.54 Å². The van der Waals surface area contributed by atoms with E-state index in [9.17, 15) is 9.59 Å². The fraction of sp³-hybridized carbons (Fsp3) is 0.556. The molecule has 76 valence electrons. The van der Waals surface area contributed by atoms with Gasteiger partial charge in [-0.25, -0.2) is 0 Å². The Bertz CT molecular complexity index is 176. The summed E-state index contributed by atoms with van der Waals surface area (Å²) in [6.45, 7) is 9.14. The van der Waals surface area contributed by atoms with Gasteiger partial charge in [0.05, 0.1) is 6.04 Å². The number of carbonyl (C=O) groups is 2. The van der Waals surface area contributed by atoms with E-state index in [-0.39, 0.29) is 6.54 Å². The molecule has 0 aliphatic carbocycles. The van der Waals surface area contributed by atoms with E-state index in [0.717, 1.165) is 0 Å². The van der Waals surface area contributed by atoms with Crippen LogP contribution in [0, 0.1) is 0 Å². The quantitative estimate of drug-likeness (QED) is 0.487. The lowest BCUT2D eigenvalue weighted by Gasteiger charge is -2.02. The molecule has 1 amide bonds. The van der Waals surface area contributed by atoms with Crippen LogP contribution >= 0.6 is 0 Å². The Hall–Kier alpha value is -1.16. The summed E-state index contributed by atoms with van der Waals surface area (Å²) in [7, 11) is 0. The molecule has 0 spiro atoms. The minimum absolute atomic E-state index is 0.289. The zero-order valence-corrected chi connectivity index (χ0v) is 8.46.